The highest BCUT2D eigenvalue weighted by Crippen LogP contribution is 2.39. The third kappa shape index (κ3) is 5.11. The predicted octanol–water partition coefficient (Wildman–Crippen LogP) is 5.75. The molecule has 0 unspecified atom stereocenters. The number of halogens is 3. The largest absolute Gasteiger partial charge is 0.416 e. The highest BCUT2D eigenvalue weighted by molar-refractivity contribution is 8.04. The van der Waals surface area contributed by atoms with E-state index >= 15 is 0 Å². The standard InChI is InChI=1S/C27H22F3N3O2S/c28-27(29,30)20-7-4-8-21(17-20)32-11-13-33(14-12-32)26(35)19-9-10-23-22(16-19)31-25(34)24(36-23)15-18-5-2-1-3-6-18/h1-10,15-17H,11-14H2,(H,31,34). The van der Waals surface area contributed by atoms with Crippen molar-refractivity contribution >= 4 is 41.0 Å². The van der Waals surface area contributed by atoms with Crippen molar-refractivity contribution in [1.29, 1.82) is 0 Å². The summed E-state index contributed by atoms with van der Waals surface area (Å²) in [6.07, 6.45) is -2.57. The molecular formula is C27H22F3N3O2S. The summed E-state index contributed by atoms with van der Waals surface area (Å²) in [7, 11) is 0. The van der Waals surface area contributed by atoms with Gasteiger partial charge in [-0.05, 0) is 48.0 Å². The summed E-state index contributed by atoms with van der Waals surface area (Å²) in [5, 5.41) is 2.88. The van der Waals surface area contributed by atoms with Gasteiger partial charge < -0.3 is 15.1 Å². The van der Waals surface area contributed by atoms with Crippen molar-refractivity contribution in [3.63, 3.8) is 0 Å². The molecule has 0 atom stereocenters. The van der Waals surface area contributed by atoms with Crippen LogP contribution in [-0.4, -0.2) is 42.9 Å². The van der Waals surface area contributed by atoms with Crippen molar-refractivity contribution in [2.75, 3.05) is 36.4 Å². The molecule has 9 heteroatoms. The molecule has 1 fully saturated rings. The lowest BCUT2D eigenvalue weighted by Gasteiger charge is -2.36. The Hall–Kier alpha value is -3.72. The molecule has 0 radical (unpaired) electrons. The van der Waals surface area contributed by atoms with E-state index < -0.39 is 11.7 Å². The lowest BCUT2D eigenvalue weighted by atomic mass is 10.1. The number of amides is 2. The van der Waals surface area contributed by atoms with Crippen molar-refractivity contribution in [3.05, 3.63) is 94.4 Å². The second kappa shape index (κ2) is 9.73. The maximum atomic E-state index is 13.1. The van der Waals surface area contributed by atoms with Crippen LogP contribution in [0.25, 0.3) is 6.08 Å². The second-order valence-corrected chi connectivity index (χ2v) is 9.60. The first-order chi connectivity index (χ1) is 17.3. The summed E-state index contributed by atoms with van der Waals surface area (Å²) in [6, 6.07) is 20.1. The molecule has 2 aliphatic heterocycles. The van der Waals surface area contributed by atoms with E-state index in [-0.39, 0.29) is 11.8 Å². The van der Waals surface area contributed by atoms with Crippen molar-refractivity contribution < 1.29 is 22.8 Å². The van der Waals surface area contributed by atoms with Gasteiger partial charge in [-0.25, -0.2) is 0 Å². The van der Waals surface area contributed by atoms with E-state index in [4.69, 9.17) is 0 Å². The van der Waals surface area contributed by atoms with Crippen LogP contribution in [0.1, 0.15) is 21.5 Å². The number of fused-ring (bicyclic) bond motifs is 1. The molecular weight excluding hydrogens is 487 g/mol. The van der Waals surface area contributed by atoms with Gasteiger partial charge in [0.1, 0.15) is 0 Å². The molecule has 0 saturated carbocycles. The Labute approximate surface area is 210 Å². The minimum atomic E-state index is -4.40. The first-order valence-corrected chi connectivity index (χ1v) is 12.2. The number of nitrogens with zero attached hydrogens (tertiary/aromatic N) is 2. The number of hydrogen-bond acceptors (Lipinski definition) is 4. The zero-order valence-electron chi connectivity index (χ0n) is 19.1. The van der Waals surface area contributed by atoms with E-state index in [1.807, 2.05) is 47.4 Å². The normalized spacial score (nSPS) is 17.1. The summed E-state index contributed by atoms with van der Waals surface area (Å²) in [5.74, 6) is -0.401. The summed E-state index contributed by atoms with van der Waals surface area (Å²) in [6.45, 7) is 1.63. The molecule has 2 heterocycles. The molecule has 184 valence electrons. The molecule has 1 N–H and O–H groups in total. The fourth-order valence-corrected chi connectivity index (χ4v) is 5.15. The van der Waals surface area contributed by atoms with E-state index in [2.05, 4.69) is 5.32 Å². The minimum absolute atomic E-state index is 0.175. The van der Waals surface area contributed by atoms with Gasteiger partial charge in [0.2, 0.25) is 0 Å². The first-order valence-electron chi connectivity index (χ1n) is 11.4. The molecule has 36 heavy (non-hydrogen) atoms. The highest BCUT2D eigenvalue weighted by Gasteiger charge is 2.31. The number of rotatable bonds is 3. The Morgan fingerprint density at radius 3 is 2.39 bits per heavy atom. The summed E-state index contributed by atoms with van der Waals surface area (Å²) < 4.78 is 39.2. The molecule has 0 aliphatic carbocycles. The van der Waals surface area contributed by atoms with Crippen molar-refractivity contribution in [1.82, 2.24) is 4.90 Å². The number of thioether (sulfide) groups is 1. The van der Waals surface area contributed by atoms with Gasteiger partial charge in [-0.15, -0.1) is 0 Å². The summed E-state index contributed by atoms with van der Waals surface area (Å²) in [4.78, 5) is 30.7. The lowest BCUT2D eigenvalue weighted by molar-refractivity contribution is -0.137. The maximum Gasteiger partial charge on any atom is 0.416 e. The van der Waals surface area contributed by atoms with Crippen LogP contribution >= 0.6 is 11.8 Å². The Morgan fingerprint density at radius 2 is 1.67 bits per heavy atom. The van der Waals surface area contributed by atoms with Crippen LogP contribution in [0.2, 0.25) is 0 Å². The first kappa shape index (κ1) is 24.0. The van der Waals surface area contributed by atoms with Crippen LogP contribution in [0.15, 0.2) is 82.6 Å². The average molecular weight is 510 g/mol. The third-order valence-electron chi connectivity index (χ3n) is 6.12. The fourth-order valence-electron chi connectivity index (χ4n) is 4.22. The third-order valence-corrected chi connectivity index (χ3v) is 7.22. The smallest absolute Gasteiger partial charge is 0.368 e. The topological polar surface area (TPSA) is 52.7 Å². The maximum absolute atomic E-state index is 13.1. The fraction of sp³-hybridized carbons (Fsp3) is 0.185. The van der Waals surface area contributed by atoms with Gasteiger partial charge in [0.25, 0.3) is 11.8 Å². The Kier molecular flexibility index (Phi) is 6.49. The predicted molar refractivity (Wildman–Crippen MR) is 135 cm³/mol. The van der Waals surface area contributed by atoms with E-state index in [0.29, 0.717) is 48.0 Å². The minimum Gasteiger partial charge on any atom is -0.368 e. The molecule has 5 nitrogen and oxygen atoms in total. The Balaban J connectivity index is 1.25. The van der Waals surface area contributed by atoms with E-state index in [1.54, 1.807) is 23.1 Å². The Bertz CT molecular complexity index is 1330. The highest BCUT2D eigenvalue weighted by atomic mass is 32.2. The second-order valence-electron chi connectivity index (χ2n) is 8.51. The number of nitrogens with one attached hydrogen (secondary N) is 1. The lowest BCUT2D eigenvalue weighted by Crippen LogP contribution is -2.48. The van der Waals surface area contributed by atoms with E-state index in [9.17, 15) is 22.8 Å². The number of carbonyl (C=O) groups is 2. The molecule has 3 aromatic rings. The Morgan fingerprint density at radius 1 is 0.917 bits per heavy atom. The molecule has 0 aromatic heterocycles. The van der Waals surface area contributed by atoms with Crippen LogP contribution in [0.5, 0.6) is 0 Å². The van der Waals surface area contributed by atoms with Gasteiger partial charge in [-0.2, -0.15) is 13.2 Å². The number of benzene rings is 3. The molecule has 2 aliphatic rings. The van der Waals surface area contributed by atoms with Gasteiger partial charge >= 0.3 is 6.18 Å². The number of anilines is 2. The summed E-state index contributed by atoms with van der Waals surface area (Å²) in [5.41, 5.74) is 1.77. The molecule has 2 amide bonds. The van der Waals surface area contributed by atoms with Crippen molar-refractivity contribution in [2.24, 2.45) is 0 Å². The monoisotopic (exact) mass is 509 g/mol. The van der Waals surface area contributed by atoms with Crippen LogP contribution < -0.4 is 10.2 Å². The van der Waals surface area contributed by atoms with E-state index in [1.165, 1.54) is 17.8 Å². The molecule has 1 saturated heterocycles. The van der Waals surface area contributed by atoms with Crippen molar-refractivity contribution in [3.8, 4) is 0 Å². The van der Waals surface area contributed by atoms with E-state index in [0.717, 1.165) is 22.6 Å². The zero-order valence-corrected chi connectivity index (χ0v) is 19.9. The van der Waals surface area contributed by atoms with Crippen LogP contribution in [0.4, 0.5) is 24.5 Å². The molecule has 0 spiro atoms. The summed E-state index contributed by atoms with van der Waals surface area (Å²) >= 11 is 1.35. The SMILES string of the molecule is O=C1Nc2cc(C(=O)N3CCN(c4cccc(C(F)(F)F)c4)CC3)ccc2SC1=Cc1ccccc1. The van der Waals surface area contributed by atoms with Crippen molar-refractivity contribution in [2.45, 2.75) is 11.1 Å². The number of piperazine rings is 1. The van der Waals surface area contributed by atoms with Gasteiger partial charge in [0.15, 0.2) is 0 Å². The van der Waals surface area contributed by atoms with Crippen LogP contribution in [0.3, 0.4) is 0 Å². The van der Waals surface area contributed by atoms with Gasteiger partial charge in [-0.1, -0.05) is 48.2 Å². The molecule has 0 bridgehead atoms. The number of hydrogen-bond donors (Lipinski definition) is 1. The van der Waals surface area contributed by atoms with Gasteiger partial charge in [-0.3, -0.25) is 9.59 Å². The number of carbonyl (C=O) groups excluding carboxylic acids is 2. The van der Waals surface area contributed by atoms with Crippen LogP contribution in [-0.2, 0) is 11.0 Å². The average Bonchev–Trinajstić information content (AvgIpc) is 2.89. The zero-order chi connectivity index (χ0) is 25.3. The quantitative estimate of drug-likeness (QED) is 0.457. The number of alkyl halides is 3. The van der Waals surface area contributed by atoms with Crippen LogP contribution in [0, 0.1) is 0 Å². The van der Waals surface area contributed by atoms with Gasteiger partial charge in [0, 0.05) is 42.3 Å². The molecule has 5 rings (SSSR count). The molecule has 3 aromatic carbocycles. The van der Waals surface area contributed by atoms with Gasteiger partial charge in [0.05, 0.1) is 16.2 Å².